The van der Waals surface area contributed by atoms with Crippen LogP contribution in [0.5, 0.6) is 0 Å². The number of hydrogen-bond acceptors (Lipinski definition) is 8. The number of hydrogen-bond donors (Lipinski definition) is 1. The first kappa shape index (κ1) is 35.2. The first-order chi connectivity index (χ1) is 21.0. The average Bonchev–Trinajstić information content (AvgIpc) is 2.96. The normalized spacial score (nSPS) is 18.7. The number of alkyl halides is 3. The van der Waals surface area contributed by atoms with E-state index in [9.17, 15) is 22.4 Å². The van der Waals surface area contributed by atoms with Crippen molar-refractivity contribution in [3.8, 4) is 11.1 Å². The molecule has 1 fully saturated rings. The Bertz CT molecular complexity index is 1350. The number of benzene rings is 2. The highest BCUT2D eigenvalue weighted by Crippen LogP contribution is 2.49. The van der Waals surface area contributed by atoms with Gasteiger partial charge in [0.25, 0.3) is 0 Å². The summed E-state index contributed by atoms with van der Waals surface area (Å²) in [5, 5.41) is 2.57. The minimum atomic E-state index is -4.89. The molecular weight excluding hydrogens is 607 g/mol. The van der Waals surface area contributed by atoms with Gasteiger partial charge in [-0.3, -0.25) is 14.6 Å². The number of rotatable bonds is 9. The van der Waals surface area contributed by atoms with Crippen LogP contribution in [0.2, 0.25) is 0 Å². The number of ether oxygens (including phenoxy) is 2. The van der Waals surface area contributed by atoms with Crippen molar-refractivity contribution in [2.45, 2.75) is 30.1 Å². The summed E-state index contributed by atoms with van der Waals surface area (Å²) in [6.07, 6.45) is -2.68. The summed E-state index contributed by atoms with van der Waals surface area (Å²) in [6, 6.07) is 2.78. The Morgan fingerprint density at radius 2 is 1.89 bits per heavy atom. The molecule has 1 saturated heterocycles. The fraction of sp³-hybridized carbons (Fsp3) is 0.433. The molecule has 44 heavy (non-hydrogen) atoms. The van der Waals surface area contributed by atoms with E-state index in [4.69, 9.17) is 19.3 Å². The van der Waals surface area contributed by atoms with Crippen LogP contribution in [0, 0.1) is 11.6 Å². The van der Waals surface area contributed by atoms with Gasteiger partial charge < -0.3 is 24.6 Å². The number of aldehydes is 1. The zero-order valence-electron chi connectivity index (χ0n) is 24.6. The number of amidine groups is 1. The third-order valence-corrected chi connectivity index (χ3v) is 8.15. The molecule has 1 amide bonds. The quantitative estimate of drug-likeness (QED) is 0.176. The van der Waals surface area contributed by atoms with E-state index in [1.54, 1.807) is 7.11 Å². The summed E-state index contributed by atoms with van der Waals surface area (Å²) in [7, 11) is 3.50. The van der Waals surface area contributed by atoms with E-state index in [0.29, 0.717) is 57.4 Å². The largest absolute Gasteiger partial charge is 0.417 e. The van der Waals surface area contributed by atoms with Crippen LogP contribution < -0.4 is 5.32 Å². The first-order valence-corrected chi connectivity index (χ1v) is 14.7. The number of carbonyl (C=O) groups is 2. The van der Waals surface area contributed by atoms with E-state index >= 15 is 4.39 Å². The maximum Gasteiger partial charge on any atom is 0.417 e. The fourth-order valence-electron chi connectivity index (χ4n) is 4.95. The number of halogens is 5. The van der Waals surface area contributed by atoms with Gasteiger partial charge in [-0.1, -0.05) is 6.58 Å². The van der Waals surface area contributed by atoms with Crippen LogP contribution in [0.15, 0.2) is 46.8 Å². The van der Waals surface area contributed by atoms with E-state index in [0.717, 1.165) is 30.0 Å². The smallest absolute Gasteiger partial charge is 0.382 e. The van der Waals surface area contributed by atoms with E-state index in [2.05, 4.69) is 16.8 Å². The van der Waals surface area contributed by atoms with Crippen LogP contribution in [0.4, 0.5) is 27.6 Å². The third-order valence-electron chi connectivity index (χ3n) is 6.90. The SMILES string of the molecule is C=CC=O.COCCOCC1CSc2c(NC=O)c(cc(C(F)(F)F)c2-c2ccc(F)cc2F)C(N2CCN(C)CC2C)=N1. The van der Waals surface area contributed by atoms with Crippen molar-refractivity contribution >= 4 is 36.0 Å². The molecule has 14 heteroatoms. The monoisotopic (exact) mass is 642 g/mol. The fourth-order valence-corrected chi connectivity index (χ4v) is 6.16. The van der Waals surface area contributed by atoms with E-state index in [1.807, 2.05) is 18.9 Å². The summed E-state index contributed by atoms with van der Waals surface area (Å²) in [5.74, 6) is -1.58. The van der Waals surface area contributed by atoms with Crippen LogP contribution in [0.3, 0.4) is 0 Å². The molecule has 2 atom stereocenters. The minimum Gasteiger partial charge on any atom is -0.382 e. The number of likely N-dealkylation sites (N-methyl/N-ethyl adjacent to an activating group) is 1. The van der Waals surface area contributed by atoms with Crippen LogP contribution in [-0.4, -0.2) is 99.8 Å². The third kappa shape index (κ3) is 8.65. The molecule has 1 N–H and O–H groups in total. The molecule has 0 spiro atoms. The van der Waals surface area contributed by atoms with Crippen LogP contribution in [0.25, 0.3) is 11.1 Å². The lowest BCUT2D eigenvalue weighted by Gasteiger charge is -2.41. The Hall–Kier alpha value is -3.33. The molecule has 8 nitrogen and oxygen atoms in total. The van der Waals surface area contributed by atoms with E-state index < -0.39 is 40.5 Å². The molecule has 2 unspecified atom stereocenters. The van der Waals surface area contributed by atoms with Gasteiger partial charge in [-0.05, 0) is 38.2 Å². The lowest BCUT2D eigenvalue weighted by atomic mass is 9.93. The number of nitrogens with one attached hydrogen (secondary N) is 1. The summed E-state index contributed by atoms with van der Waals surface area (Å²) >= 11 is 1.01. The summed E-state index contributed by atoms with van der Waals surface area (Å²) in [5.41, 5.74) is -1.82. The topological polar surface area (TPSA) is 83.5 Å². The van der Waals surface area contributed by atoms with Gasteiger partial charge in [0.15, 0.2) is 0 Å². The van der Waals surface area contributed by atoms with Crippen molar-refractivity contribution in [3.63, 3.8) is 0 Å². The van der Waals surface area contributed by atoms with Gasteiger partial charge in [0, 0.05) is 66.2 Å². The number of amides is 1. The van der Waals surface area contributed by atoms with Crippen molar-refractivity contribution in [1.82, 2.24) is 9.80 Å². The van der Waals surface area contributed by atoms with Gasteiger partial charge in [0.2, 0.25) is 6.41 Å². The summed E-state index contributed by atoms with van der Waals surface area (Å²) < 4.78 is 83.5. The number of thioether (sulfide) groups is 1. The van der Waals surface area contributed by atoms with Crippen LogP contribution in [0.1, 0.15) is 18.1 Å². The Labute approximate surface area is 257 Å². The van der Waals surface area contributed by atoms with Gasteiger partial charge in [0.1, 0.15) is 23.8 Å². The molecule has 240 valence electrons. The predicted molar refractivity (Wildman–Crippen MR) is 160 cm³/mol. The highest BCUT2D eigenvalue weighted by atomic mass is 32.2. The number of anilines is 1. The Balaban J connectivity index is 0.00000124. The number of piperazine rings is 1. The second-order valence-corrected chi connectivity index (χ2v) is 11.1. The standard InChI is InChI=1S/C27H31F5N4O3S.C3H4O/c1-16-12-35(2)6-7-36(16)26-20-11-21(27(30,31)32)23(19-5-4-17(28)10-22(19)29)25(24(20)33-15-37)40-14-18(34-26)13-39-9-8-38-3;1-2-3-4/h4-5,10-11,15-16,18H,6-9,12-14H2,1-3H3,(H,33,37);2-3H,1H2. The lowest BCUT2D eigenvalue weighted by Crippen LogP contribution is -2.53. The molecule has 2 aromatic carbocycles. The molecule has 0 saturated carbocycles. The lowest BCUT2D eigenvalue weighted by molar-refractivity contribution is -0.137. The molecule has 2 bridgehead atoms. The van der Waals surface area contributed by atoms with Gasteiger partial charge in [-0.2, -0.15) is 13.2 Å². The van der Waals surface area contributed by atoms with Gasteiger partial charge in [0.05, 0.1) is 37.1 Å². The molecular formula is C30H35F5N4O4S. The van der Waals surface area contributed by atoms with Crippen molar-refractivity contribution in [1.29, 1.82) is 0 Å². The number of allylic oxidation sites excluding steroid dienone is 1. The number of fused-ring (bicyclic) bond motifs is 2. The maximum atomic E-state index is 15.0. The number of aliphatic imine (C=N–C) groups is 1. The molecule has 2 aliphatic heterocycles. The Morgan fingerprint density at radius 3 is 2.48 bits per heavy atom. The summed E-state index contributed by atoms with van der Waals surface area (Å²) in [6.45, 7) is 7.71. The van der Waals surface area contributed by atoms with Crippen molar-refractivity contribution in [3.05, 3.63) is 59.7 Å². The maximum absolute atomic E-state index is 15.0. The highest BCUT2D eigenvalue weighted by Gasteiger charge is 2.40. The van der Waals surface area contributed by atoms with Crippen LogP contribution >= 0.6 is 11.8 Å². The molecule has 0 aromatic heterocycles. The predicted octanol–water partition coefficient (Wildman–Crippen LogP) is 5.11. The van der Waals surface area contributed by atoms with Crippen molar-refractivity contribution in [2.75, 3.05) is 64.7 Å². The molecule has 0 aliphatic carbocycles. The second-order valence-electron chi connectivity index (χ2n) is 10.1. The number of methoxy groups -OCH3 is 1. The number of carbonyl (C=O) groups excluding carboxylic acids is 2. The minimum absolute atomic E-state index is 0.0264. The Kier molecular flexibility index (Phi) is 12.9. The average molecular weight is 643 g/mol. The molecule has 2 aromatic rings. The van der Waals surface area contributed by atoms with E-state index in [-0.39, 0.29) is 34.5 Å². The van der Waals surface area contributed by atoms with Crippen LogP contribution in [-0.2, 0) is 25.2 Å². The van der Waals surface area contributed by atoms with Gasteiger partial charge >= 0.3 is 6.18 Å². The Morgan fingerprint density at radius 1 is 1.16 bits per heavy atom. The first-order valence-electron chi connectivity index (χ1n) is 13.7. The second kappa shape index (κ2) is 16.1. The molecule has 2 aliphatic rings. The highest BCUT2D eigenvalue weighted by molar-refractivity contribution is 7.99. The number of nitrogens with zero attached hydrogens (tertiary/aromatic N) is 3. The molecule has 2 heterocycles. The van der Waals surface area contributed by atoms with Gasteiger partial charge in [-0.15, -0.1) is 11.8 Å². The zero-order valence-corrected chi connectivity index (χ0v) is 25.4. The van der Waals surface area contributed by atoms with Crippen molar-refractivity contribution < 1.29 is 41.0 Å². The zero-order chi connectivity index (χ0) is 32.4. The molecule has 0 radical (unpaired) electrons. The summed E-state index contributed by atoms with van der Waals surface area (Å²) in [4.78, 5) is 29.8. The van der Waals surface area contributed by atoms with E-state index in [1.165, 1.54) is 6.08 Å². The molecule has 4 rings (SSSR count). The van der Waals surface area contributed by atoms with Crippen molar-refractivity contribution in [2.24, 2.45) is 4.99 Å². The van der Waals surface area contributed by atoms with Gasteiger partial charge in [-0.25, -0.2) is 8.78 Å².